The van der Waals surface area contributed by atoms with Gasteiger partial charge in [0.15, 0.2) is 0 Å². The molecule has 6 nitrogen and oxygen atoms in total. The second kappa shape index (κ2) is 5.28. The summed E-state index contributed by atoms with van der Waals surface area (Å²) in [6, 6.07) is 0.386. The molecular weight excluding hydrogens is 244 g/mol. The van der Waals surface area contributed by atoms with Crippen molar-refractivity contribution in [2.24, 2.45) is 5.92 Å². The molecule has 0 radical (unpaired) electrons. The van der Waals surface area contributed by atoms with Crippen LogP contribution in [0.3, 0.4) is 0 Å². The minimum Gasteiger partial charge on any atom is -0.381 e. The van der Waals surface area contributed by atoms with Gasteiger partial charge in [-0.05, 0) is 19.3 Å². The molecule has 1 unspecified atom stereocenters. The Kier molecular flexibility index (Phi) is 3.50. The smallest absolute Gasteiger partial charge is 0.293 e. The standard InChI is InChI=1S/C13H20N4O2/c1-2-11-14-12(16-15-11)13(18)17(10-3-4-10)7-9-5-6-19-8-9/h9-10H,2-8H2,1H3,(H,14,15,16). The lowest BCUT2D eigenvalue weighted by molar-refractivity contribution is 0.0694. The van der Waals surface area contributed by atoms with Gasteiger partial charge in [-0.2, -0.15) is 0 Å². The van der Waals surface area contributed by atoms with E-state index < -0.39 is 0 Å². The van der Waals surface area contributed by atoms with Gasteiger partial charge in [-0.3, -0.25) is 9.89 Å². The van der Waals surface area contributed by atoms with Gasteiger partial charge in [0.2, 0.25) is 5.82 Å². The first kappa shape index (κ1) is 12.6. The van der Waals surface area contributed by atoms with Gasteiger partial charge >= 0.3 is 0 Å². The number of amides is 1. The summed E-state index contributed by atoms with van der Waals surface area (Å²) in [6.07, 6.45) is 4.01. The predicted octanol–water partition coefficient (Wildman–Crippen LogP) is 1.01. The number of carbonyl (C=O) groups excluding carboxylic acids is 1. The van der Waals surface area contributed by atoms with Crippen LogP contribution in [0.15, 0.2) is 0 Å². The van der Waals surface area contributed by atoms with Crippen molar-refractivity contribution in [3.8, 4) is 0 Å². The zero-order chi connectivity index (χ0) is 13.2. The van der Waals surface area contributed by atoms with Gasteiger partial charge in [0, 0.05) is 31.5 Å². The van der Waals surface area contributed by atoms with Crippen LogP contribution in [-0.4, -0.2) is 51.8 Å². The first-order valence-electron chi connectivity index (χ1n) is 7.08. The number of hydrogen-bond acceptors (Lipinski definition) is 4. The summed E-state index contributed by atoms with van der Waals surface area (Å²) in [7, 11) is 0. The predicted molar refractivity (Wildman–Crippen MR) is 68.7 cm³/mol. The van der Waals surface area contributed by atoms with Crippen molar-refractivity contribution < 1.29 is 9.53 Å². The molecule has 2 aliphatic rings. The van der Waals surface area contributed by atoms with Crippen LogP contribution in [0, 0.1) is 5.92 Å². The van der Waals surface area contributed by atoms with E-state index in [4.69, 9.17) is 4.74 Å². The fourth-order valence-electron chi connectivity index (χ4n) is 2.47. The maximum Gasteiger partial charge on any atom is 0.293 e. The van der Waals surface area contributed by atoms with Crippen molar-refractivity contribution in [2.75, 3.05) is 19.8 Å². The maximum absolute atomic E-state index is 12.5. The van der Waals surface area contributed by atoms with Crippen LogP contribution in [-0.2, 0) is 11.2 Å². The summed E-state index contributed by atoms with van der Waals surface area (Å²) in [6.45, 7) is 4.35. The molecule has 0 aromatic carbocycles. The number of nitrogens with zero attached hydrogens (tertiary/aromatic N) is 3. The van der Waals surface area contributed by atoms with Gasteiger partial charge in [0.25, 0.3) is 5.91 Å². The highest BCUT2D eigenvalue weighted by molar-refractivity contribution is 5.90. The Morgan fingerprint density at radius 3 is 2.89 bits per heavy atom. The first-order chi connectivity index (χ1) is 9.28. The number of H-pyrrole nitrogens is 1. The van der Waals surface area contributed by atoms with E-state index in [0.29, 0.717) is 17.8 Å². The summed E-state index contributed by atoms with van der Waals surface area (Å²) in [5, 5.41) is 6.84. The number of nitrogens with one attached hydrogen (secondary N) is 1. The second-order valence-electron chi connectivity index (χ2n) is 5.38. The van der Waals surface area contributed by atoms with Crippen molar-refractivity contribution in [3.05, 3.63) is 11.6 Å². The number of ether oxygens (including phenoxy) is 1. The van der Waals surface area contributed by atoms with Gasteiger partial charge in [0.1, 0.15) is 5.82 Å². The lowest BCUT2D eigenvalue weighted by Crippen LogP contribution is -2.38. The largest absolute Gasteiger partial charge is 0.381 e. The Morgan fingerprint density at radius 1 is 1.47 bits per heavy atom. The molecule has 1 aliphatic carbocycles. The molecule has 1 aromatic heterocycles. The average molecular weight is 264 g/mol. The molecule has 2 heterocycles. The molecule has 3 rings (SSSR count). The summed E-state index contributed by atoms with van der Waals surface area (Å²) in [4.78, 5) is 18.7. The van der Waals surface area contributed by atoms with Crippen LogP contribution < -0.4 is 0 Å². The minimum absolute atomic E-state index is 0.0367. The van der Waals surface area contributed by atoms with Crippen molar-refractivity contribution in [3.63, 3.8) is 0 Å². The van der Waals surface area contributed by atoms with Crippen molar-refractivity contribution >= 4 is 5.91 Å². The van der Waals surface area contributed by atoms with Gasteiger partial charge in [-0.1, -0.05) is 6.92 Å². The monoisotopic (exact) mass is 264 g/mol. The molecule has 1 N–H and O–H groups in total. The summed E-state index contributed by atoms with van der Waals surface area (Å²) in [5.74, 6) is 1.51. The number of carbonyl (C=O) groups is 1. The SMILES string of the molecule is CCc1nc(C(=O)N(CC2CCOC2)C2CC2)n[nH]1. The van der Waals surface area contributed by atoms with Crippen molar-refractivity contribution in [1.29, 1.82) is 0 Å². The Morgan fingerprint density at radius 2 is 2.32 bits per heavy atom. The zero-order valence-electron chi connectivity index (χ0n) is 11.3. The number of aromatic amines is 1. The van der Waals surface area contributed by atoms with Crippen LogP contribution in [0.25, 0.3) is 0 Å². The third kappa shape index (κ3) is 2.78. The maximum atomic E-state index is 12.5. The van der Waals surface area contributed by atoms with E-state index >= 15 is 0 Å². The van der Waals surface area contributed by atoms with Crippen LogP contribution >= 0.6 is 0 Å². The summed E-state index contributed by atoms with van der Waals surface area (Å²) >= 11 is 0. The first-order valence-corrected chi connectivity index (χ1v) is 7.08. The molecular formula is C13H20N4O2. The molecule has 0 bridgehead atoms. The van der Waals surface area contributed by atoms with Crippen molar-refractivity contribution in [1.82, 2.24) is 20.1 Å². The highest BCUT2D eigenvalue weighted by atomic mass is 16.5. The minimum atomic E-state index is -0.0367. The summed E-state index contributed by atoms with van der Waals surface area (Å²) < 4.78 is 5.39. The molecule has 0 spiro atoms. The number of aryl methyl sites for hydroxylation is 1. The quantitative estimate of drug-likeness (QED) is 0.861. The van der Waals surface area contributed by atoms with Crippen LogP contribution in [0.4, 0.5) is 0 Å². The highest BCUT2D eigenvalue weighted by Gasteiger charge is 2.36. The lowest BCUT2D eigenvalue weighted by atomic mass is 10.1. The van der Waals surface area contributed by atoms with E-state index in [2.05, 4.69) is 15.2 Å². The zero-order valence-corrected chi connectivity index (χ0v) is 11.3. The molecule has 1 amide bonds. The number of hydrogen-bond donors (Lipinski definition) is 1. The Labute approximate surface area is 112 Å². The van der Waals surface area contributed by atoms with Crippen LogP contribution in [0.2, 0.25) is 0 Å². The molecule has 6 heteroatoms. The molecule has 104 valence electrons. The number of rotatable bonds is 5. The third-order valence-electron chi connectivity index (χ3n) is 3.79. The fourth-order valence-corrected chi connectivity index (χ4v) is 2.47. The lowest BCUT2D eigenvalue weighted by Gasteiger charge is -2.23. The molecule has 1 atom stereocenters. The molecule has 19 heavy (non-hydrogen) atoms. The highest BCUT2D eigenvalue weighted by Crippen LogP contribution is 2.29. The topological polar surface area (TPSA) is 71.1 Å². The van der Waals surface area contributed by atoms with E-state index in [1.54, 1.807) is 0 Å². The Balaban J connectivity index is 1.69. The van der Waals surface area contributed by atoms with Crippen LogP contribution in [0.5, 0.6) is 0 Å². The van der Waals surface area contributed by atoms with Crippen LogP contribution in [0.1, 0.15) is 42.6 Å². The Bertz CT molecular complexity index is 449. The molecule has 2 fully saturated rings. The Hall–Kier alpha value is -1.43. The van der Waals surface area contributed by atoms with Gasteiger partial charge in [-0.15, -0.1) is 5.10 Å². The second-order valence-corrected chi connectivity index (χ2v) is 5.38. The van der Waals surface area contributed by atoms with Crippen molar-refractivity contribution in [2.45, 2.75) is 38.6 Å². The molecule has 1 aromatic rings. The molecule has 1 saturated carbocycles. The molecule has 1 saturated heterocycles. The summed E-state index contributed by atoms with van der Waals surface area (Å²) in [5.41, 5.74) is 0. The molecule has 1 aliphatic heterocycles. The van der Waals surface area contributed by atoms with E-state index in [-0.39, 0.29) is 5.91 Å². The van der Waals surface area contributed by atoms with E-state index in [1.807, 2.05) is 11.8 Å². The normalized spacial score (nSPS) is 22.7. The average Bonchev–Trinajstić information content (AvgIpc) is 2.95. The van der Waals surface area contributed by atoms with E-state index in [9.17, 15) is 4.79 Å². The third-order valence-corrected chi connectivity index (χ3v) is 3.79. The van der Waals surface area contributed by atoms with E-state index in [0.717, 1.165) is 51.3 Å². The van der Waals surface area contributed by atoms with E-state index in [1.165, 1.54) is 0 Å². The van der Waals surface area contributed by atoms with Gasteiger partial charge in [0.05, 0.1) is 6.61 Å². The van der Waals surface area contributed by atoms with Gasteiger partial charge < -0.3 is 9.64 Å². The van der Waals surface area contributed by atoms with Gasteiger partial charge in [-0.25, -0.2) is 4.98 Å². The number of aromatic nitrogens is 3. The fraction of sp³-hybridized carbons (Fsp3) is 0.769.